The molecular weight excluding hydrogens is 366 g/mol. The Labute approximate surface area is 164 Å². The smallest absolute Gasteiger partial charge is 0.331 e. The van der Waals surface area contributed by atoms with Crippen molar-refractivity contribution in [2.75, 3.05) is 13.2 Å². The Morgan fingerprint density at radius 2 is 1.59 bits per heavy atom. The maximum Gasteiger partial charge on any atom is 0.331 e. The fourth-order valence-electron chi connectivity index (χ4n) is 2.28. The molecule has 0 radical (unpaired) electrons. The lowest BCUT2D eigenvalue weighted by atomic mass is 10.0. The predicted molar refractivity (Wildman–Crippen MR) is 107 cm³/mol. The second-order valence-corrected chi connectivity index (χ2v) is 12.8. The van der Waals surface area contributed by atoms with Gasteiger partial charge in [-0.2, -0.15) is 0 Å². The summed E-state index contributed by atoms with van der Waals surface area (Å²) in [6, 6.07) is -0.904. The maximum absolute atomic E-state index is 12.5. The molecule has 0 aromatic rings. The summed E-state index contributed by atoms with van der Waals surface area (Å²) in [6.45, 7) is 15.9. The van der Waals surface area contributed by atoms with Gasteiger partial charge < -0.3 is 19.2 Å². The zero-order chi connectivity index (χ0) is 21.3. The SMILES string of the molecule is CCOC(=O)CCC[C@H](O[Si](C)(C)C(C)(C)C)[C@H](NC(C)=O)C(=O)OCC. The van der Waals surface area contributed by atoms with Gasteiger partial charge in [-0.15, -0.1) is 0 Å². The van der Waals surface area contributed by atoms with Crippen LogP contribution in [-0.2, 0) is 28.3 Å². The lowest BCUT2D eigenvalue weighted by molar-refractivity contribution is -0.150. The average molecular weight is 404 g/mol. The molecule has 0 heterocycles. The number of ether oxygens (including phenoxy) is 2. The number of rotatable bonds is 11. The molecule has 7 nitrogen and oxygen atoms in total. The Morgan fingerprint density at radius 3 is 2.04 bits per heavy atom. The van der Waals surface area contributed by atoms with Crippen LogP contribution in [-0.4, -0.2) is 51.5 Å². The largest absolute Gasteiger partial charge is 0.466 e. The summed E-state index contributed by atoms with van der Waals surface area (Å²) >= 11 is 0. The van der Waals surface area contributed by atoms with Crippen LogP contribution in [0.3, 0.4) is 0 Å². The average Bonchev–Trinajstić information content (AvgIpc) is 2.50. The van der Waals surface area contributed by atoms with Crippen molar-refractivity contribution in [2.24, 2.45) is 0 Å². The summed E-state index contributed by atoms with van der Waals surface area (Å²) in [5, 5.41) is 2.60. The molecule has 0 aliphatic heterocycles. The summed E-state index contributed by atoms with van der Waals surface area (Å²) in [7, 11) is -2.22. The number of nitrogens with one attached hydrogen (secondary N) is 1. The van der Waals surface area contributed by atoms with Gasteiger partial charge in [-0.05, 0) is 44.8 Å². The van der Waals surface area contributed by atoms with E-state index in [-0.39, 0.29) is 29.9 Å². The van der Waals surface area contributed by atoms with Crippen LogP contribution in [0.2, 0.25) is 18.1 Å². The molecule has 0 spiro atoms. The monoisotopic (exact) mass is 403 g/mol. The van der Waals surface area contributed by atoms with Crippen molar-refractivity contribution >= 4 is 26.2 Å². The second-order valence-electron chi connectivity index (χ2n) is 8.04. The van der Waals surface area contributed by atoms with E-state index in [0.29, 0.717) is 19.4 Å². The number of hydrogen-bond acceptors (Lipinski definition) is 6. The van der Waals surface area contributed by atoms with Gasteiger partial charge in [0, 0.05) is 13.3 Å². The van der Waals surface area contributed by atoms with Gasteiger partial charge in [-0.25, -0.2) is 4.79 Å². The highest BCUT2D eigenvalue weighted by Crippen LogP contribution is 2.38. The quantitative estimate of drug-likeness (QED) is 0.421. The van der Waals surface area contributed by atoms with Crippen molar-refractivity contribution in [2.45, 2.75) is 91.1 Å². The van der Waals surface area contributed by atoms with Crippen LogP contribution in [0.4, 0.5) is 0 Å². The van der Waals surface area contributed by atoms with Gasteiger partial charge in [0.05, 0.1) is 19.3 Å². The standard InChI is InChI=1S/C19H37NO6Si/c1-9-24-16(22)13-11-12-15(26-27(7,8)19(4,5)6)17(20-14(3)21)18(23)25-10-2/h15,17H,9-13H2,1-8H3,(H,20,21)/t15-,17-/m0/s1. The third kappa shape index (κ3) is 9.37. The molecule has 0 aliphatic rings. The molecule has 0 bridgehead atoms. The Hall–Kier alpha value is -1.41. The van der Waals surface area contributed by atoms with Crippen molar-refractivity contribution in [1.82, 2.24) is 5.32 Å². The van der Waals surface area contributed by atoms with Crippen LogP contribution < -0.4 is 5.32 Å². The van der Waals surface area contributed by atoms with Gasteiger partial charge in [0.15, 0.2) is 14.4 Å². The minimum atomic E-state index is -2.22. The molecule has 0 rings (SSSR count). The van der Waals surface area contributed by atoms with Crippen LogP contribution in [0.5, 0.6) is 0 Å². The first-order valence-corrected chi connectivity index (χ1v) is 12.5. The lowest BCUT2D eigenvalue weighted by Crippen LogP contribution is -2.55. The molecule has 1 N–H and O–H groups in total. The predicted octanol–water partition coefficient (Wildman–Crippen LogP) is 3.18. The first-order chi connectivity index (χ1) is 12.4. The summed E-state index contributed by atoms with van der Waals surface area (Å²) in [4.78, 5) is 35.8. The van der Waals surface area contributed by atoms with Crippen LogP contribution >= 0.6 is 0 Å². The number of hydrogen-bond donors (Lipinski definition) is 1. The summed E-state index contributed by atoms with van der Waals surface area (Å²) in [5.74, 6) is -1.13. The minimum Gasteiger partial charge on any atom is -0.466 e. The molecule has 0 aliphatic carbocycles. The number of esters is 2. The third-order valence-corrected chi connectivity index (χ3v) is 9.20. The Morgan fingerprint density at radius 1 is 1.04 bits per heavy atom. The molecule has 8 heteroatoms. The van der Waals surface area contributed by atoms with E-state index in [1.807, 2.05) is 0 Å². The lowest BCUT2D eigenvalue weighted by Gasteiger charge is -2.41. The molecule has 0 unspecified atom stereocenters. The van der Waals surface area contributed by atoms with E-state index < -0.39 is 26.4 Å². The van der Waals surface area contributed by atoms with Crippen LogP contribution in [0.25, 0.3) is 0 Å². The van der Waals surface area contributed by atoms with Crippen LogP contribution in [0, 0.1) is 0 Å². The zero-order valence-electron chi connectivity index (χ0n) is 18.1. The highest BCUT2D eigenvalue weighted by Gasteiger charge is 2.42. The molecule has 27 heavy (non-hydrogen) atoms. The topological polar surface area (TPSA) is 90.9 Å². The van der Waals surface area contributed by atoms with E-state index in [1.165, 1.54) is 6.92 Å². The van der Waals surface area contributed by atoms with E-state index in [0.717, 1.165) is 0 Å². The van der Waals surface area contributed by atoms with Gasteiger partial charge in [-0.3, -0.25) is 9.59 Å². The fraction of sp³-hybridized carbons (Fsp3) is 0.842. The first kappa shape index (κ1) is 25.6. The van der Waals surface area contributed by atoms with Crippen molar-refractivity contribution in [1.29, 1.82) is 0 Å². The van der Waals surface area contributed by atoms with Gasteiger partial charge >= 0.3 is 11.9 Å². The summed E-state index contributed by atoms with van der Waals surface area (Å²) in [5.41, 5.74) is 0. The van der Waals surface area contributed by atoms with Gasteiger partial charge in [-0.1, -0.05) is 20.8 Å². The number of carbonyl (C=O) groups is 3. The van der Waals surface area contributed by atoms with Crippen LogP contribution in [0.1, 0.15) is 60.8 Å². The minimum absolute atomic E-state index is 0.0676. The fourth-order valence-corrected chi connectivity index (χ4v) is 3.65. The van der Waals surface area contributed by atoms with E-state index in [1.54, 1.807) is 13.8 Å². The van der Waals surface area contributed by atoms with E-state index in [2.05, 4.69) is 39.2 Å². The molecule has 158 valence electrons. The van der Waals surface area contributed by atoms with E-state index >= 15 is 0 Å². The molecular formula is C19H37NO6Si. The normalized spacial score (nSPS) is 14.2. The van der Waals surface area contributed by atoms with Gasteiger partial charge in [0.1, 0.15) is 0 Å². The maximum atomic E-state index is 12.5. The Bertz CT molecular complexity index is 501. The molecule has 0 saturated carbocycles. The molecule has 0 saturated heterocycles. The number of amides is 1. The zero-order valence-corrected chi connectivity index (χ0v) is 19.1. The highest BCUT2D eigenvalue weighted by molar-refractivity contribution is 6.74. The summed E-state index contributed by atoms with van der Waals surface area (Å²) in [6.07, 6.45) is 0.604. The Kier molecular flexibility index (Phi) is 10.8. The highest BCUT2D eigenvalue weighted by atomic mass is 28.4. The van der Waals surface area contributed by atoms with E-state index in [4.69, 9.17) is 13.9 Å². The van der Waals surface area contributed by atoms with Crippen molar-refractivity contribution in [3.05, 3.63) is 0 Å². The Balaban J connectivity index is 5.45. The van der Waals surface area contributed by atoms with Gasteiger partial charge in [0.25, 0.3) is 0 Å². The van der Waals surface area contributed by atoms with E-state index in [9.17, 15) is 14.4 Å². The molecule has 2 atom stereocenters. The molecule has 1 amide bonds. The molecule has 0 aromatic heterocycles. The van der Waals surface area contributed by atoms with Crippen LogP contribution in [0.15, 0.2) is 0 Å². The molecule has 0 fully saturated rings. The second kappa shape index (κ2) is 11.4. The van der Waals surface area contributed by atoms with Crippen molar-refractivity contribution in [3.8, 4) is 0 Å². The van der Waals surface area contributed by atoms with Gasteiger partial charge in [0.2, 0.25) is 5.91 Å². The third-order valence-electron chi connectivity index (χ3n) is 4.70. The molecule has 0 aromatic carbocycles. The van der Waals surface area contributed by atoms with Crippen molar-refractivity contribution < 1.29 is 28.3 Å². The van der Waals surface area contributed by atoms with Crippen molar-refractivity contribution in [3.63, 3.8) is 0 Å². The first-order valence-electron chi connectivity index (χ1n) is 9.62. The summed E-state index contributed by atoms with van der Waals surface area (Å²) < 4.78 is 16.5. The number of carbonyl (C=O) groups excluding carboxylic acids is 3.